The van der Waals surface area contributed by atoms with Crippen LogP contribution in [0.25, 0.3) is 11.2 Å². The number of halogens is 2. The molecule has 0 bridgehead atoms. The summed E-state index contributed by atoms with van der Waals surface area (Å²) in [6.07, 6.45) is 2.93. The first kappa shape index (κ1) is 11.9. The van der Waals surface area contributed by atoms with Gasteiger partial charge in [-0.15, -0.1) is 0 Å². The standard InChI is InChI=1S/C12H9ClFN5/c13-8-1-2-9(14)7(3-8)4-15-11-10-12(17-5-16-10)19-6-18-11/h1-3,5-6H,4H2,(H2,15,16,17,18,19). The molecule has 7 heteroatoms. The van der Waals surface area contributed by atoms with Gasteiger partial charge in [-0.05, 0) is 18.2 Å². The number of H-pyrrole nitrogens is 1. The van der Waals surface area contributed by atoms with E-state index in [1.54, 1.807) is 6.07 Å². The Labute approximate surface area is 112 Å². The van der Waals surface area contributed by atoms with Crippen LogP contribution in [0.3, 0.4) is 0 Å². The molecule has 0 aliphatic carbocycles. The quantitative estimate of drug-likeness (QED) is 0.772. The van der Waals surface area contributed by atoms with Gasteiger partial charge in [-0.3, -0.25) is 0 Å². The minimum absolute atomic E-state index is 0.275. The monoisotopic (exact) mass is 277 g/mol. The Morgan fingerprint density at radius 3 is 3.05 bits per heavy atom. The van der Waals surface area contributed by atoms with Crippen LogP contribution in [0.1, 0.15) is 5.56 Å². The molecule has 2 aromatic heterocycles. The van der Waals surface area contributed by atoms with Gasteiger partial charge in [0.25, 0.3) is 0 Å². The first-order chi connectivity index (χ1) is 9.24. The van der Waals surface area contributed by atoms with Crippen molar-refractivity contribution in [2.75, 3.05) is 5.32 Å². The highest BCUT2D eigenvalue weighted by atomic mass is 35.5. The summed E-state index contributed by atoms with van der Waals surface area (Å²) in [4.78, 5) is 15.1. The number of hydrogen-bond donors (Lipinski definition) is 2. The zero-order chi connectivity index (χ0) is 13.2. The minimum atomic E-state index is -0.313. The van der Waals surface area contributed by atoms with Crippen LogP contribution in [-0.4, -0.2) is 19.9 Å². The Morgan fingerprint density at radius 1 is 1.26 bits per heavy atom. The molecule has 3 aromatic rings. The average molecular weight is 278 g/mol. The number of rotatable bonds is 3. The van der Waals surface area contributed by atoms with Crippen molar-refractivity contribution in [1.29, 1.82) is 0 Å². The van der Waals surface area contributed by atoms with Crippen molar-refractivity contribution in [1.82, 2.24) is 19.9 Å². The predicted molar refractivity (Wildman–Crippen MR) is 70.4 cm³/mol. The van der Waals surface area contributed by atoms with E-state index in [0.717, 1.165) is 0 Å². The Hall–Kier alpha value is -2.21. The Balaban J connectivity index is 1.86. The lowest BCUT2D eigenvalue weighted by atomic mass is 10.2. The Bertz CT molecular complexity index is 727. The summed E-state index contributed by atoms with van der Waals surface area (Å²) in [5.41, 5.74) is 1.72. The maximum atomic E-state index is 13.6. The topological polar surface area (TPSA) is 66.5 Å². The minimum Gasteiger partial charge on any atom is -0.364 e. The van der Waals surface area contributed by atoms with E-state index in [0.29, 0.717) is 27.6 Å². The molecular weight excluding hydrogens is 269 g/mol. The molecule has 0 unspecified atom stereocenters. The van der Waals surface area contributed by atoms with Crippen LogP contribution in [0.4, 0.5) is 10.2 Å². The van der Waals surface area contributed by atoms with Gasteiger partial charge in [0.15, 0.2) is 11.5 Å². The highest BCUT2D eigenvalue weighted by Crippen LogP contribution is 2.18. The smallest absolute Gasteiger partial charge is 0.182 e. The zero-order valence-electron chi connectivity index (χ0n) is 9.69. The summed E-state index contributed by atoms with van der Waals surface area (Å²) in [7, 11) is 0. The molecular formula is C12H9ClFN5. The molecule has 0 saturated carbocycles. The number of benzene rings is 1. The highest BCUT2D eigenvalue weighted by Gasteiger charge is 2.07. The van der Waals surface area contributed by atoms with Gasteiger partial charge >= 0.3 is 0 Å². The van der Waals surface area contributed by atoms with Crippen molar-refractivity contribution in [3.05, 3.63) is 47.3 Å². The number of anilines is 1. The van der Waals surface area contributed by atoms with E-state index in [2.05, 4.69) is 25.3 Å². The third kappa shape index (κ3) is 2.34. The van der Waals surface area contributed by atoms with Crippen LogP contribution < -0.4 is 5.32 Å². The van der Waals surface area contributed by atoms with E-state index in [1.807, 2.05) is 0 Å². The Kier molecular flexibility index (Phi) is 3.00. The van der Waals surface area contributed by atoms with Crippen LogP contribution in [-0.2, 0) is 6.54 Å². The number of nitrogens with one attached hydrogen (secondary N) is 2. The third-order valence-corrected chi connectivity index (χ3v) is 2.91. The van der Waals surface area contributed by atoms with Crippen molar-refractivity contribution >= 4 is 28.6 Å². The van der Waals surface area contributed by atoms with E-state index in [-0.39, 0.29) is 12.4 Å². The lowest BCUT2D eigenvalue weighted by Crippen LogP contribution is -2.04. The van der Waals surface area contributed by atoms with E-state index in [9.17, 15) is 4.39 Å². The molecule has 0 amide bonds. The lowest BCUT2D eigenvalue weighted by molar-refractivity contribution is 0.613. The van der Waals surface area contributed by atoms with Crippen molar-refractivity contribution < 1.29 is 4.39 Å². The number of aromatic nitrogens is 4. The molecule has 0 fully saturated rings. The summed E-state index contributed by atoms with van der Waals surface area (Å²) in [6.45, 7) is 0.275. The molecule has 0 saturated heterocycles. The van der Waals surface area contributed by atoms with Crippen molar-refractivity contribution in [3.8, 4) is 0 Å². The summed E-state index contributed by atoms with van der Waals surface area (Å²) in [5, 5.41) is 3.53. The Morgan fingerprint density at radius 2 is 2.16 bits per heavy atom. The van der Waals surface area contributed by atoms with Crippen molar-refractivity contribution in [2.24, 2.45) is 0 Å². The highest BCUT2D eigenvalue weighted by molar-refractivity contribution is 6.30. The van der Waals surface area contributed by atoms with Gasteiger partial charge in [0.1, 0.15) is 17.7 Å². The molecule has 19 heavy (non-hydrogen) atoms. The fourth-order valence-corrected chi connectivity index (χ4v) is 1.95. The second-order valence-corrected chi connectivity index (χ2v) is 4.35. The van der Waals surface area contributed by atoms with E-state index in [1.165, 1.54) is 24.8 Å². The lowest BCUT2D eigenvalue weighted by Gasteiger charge is -2.07. The van der Waals surface area contributed by atoms with E-state index in [4.69, 9.17) is 11.6 Å². The maximum absolute atomic E-state index is 13.6. The average Bonchev–Trinajstić information content (AvgIpc) is 2.88. The second kappa shape index (κ2) is 4.81. The number of imidazole rings is 1. The molecule has 2 N–H and O–H groups in total. The number of aromatic amines is 1. The van der Waals surface area contributed by atoms with Crippen LogP contribution in [0.2, 0.25) is 5.02 Å². The molecule has 5 nitrogen and oxygen atoms in total. The molecule has 0 atom stereocenters. The molecule has 0 spiro atoms. The van der Waals surface area contributed by atoms with Crippen molar-refractivity contribution in [3.63, 3.8) is 0 Å². The normalized spacial score (nSPS) is 10.8. The van der Waals surface area contributed by atoms with Crippen molar-refractivity contribution in [2.45, 2.75) is 6.54 Å². The fourth-order valence-electron chi connectivity index (χ4n) is 1.76. The molecule has 2 heterocycles. The van der Waals surface area contributed by atoms with Gasteiger partial charge < -0.3 is 10.3 Å². The van der Waals surface area contributed by atoms with Crippen LogP contribution in [0, 0.1) is 5.82 Å². The van der Waals surface area contributed by atoms with E-state index >= 15 is 0 Å². The van der Waals surface area contributed by atoms with Gasteiger partial charge in [0.2, 0.25) is 0 Å². The fraction of sp³-hybridized carbons (Fsp3) is 0.0833. The first-order valence-corrected chi connectivity index (χ1v) is 5.94. The molecule has 0 radical (unpaired) electrons. The SMILES string of the molecule is Fc1ccc(Cl)cc1CNc1ncnc2nc[nH]c12. The van der Waals surface area contributed by atoms with Gasteiger partial charge in [-0.2, -0.15) is 0 Å². The summed E-state index contributed by atoms with van der Waals surface area (Å²) in [6, 6.07) is 4.43. The maximum Gasteiger partial charge on any atom is 0.182 e. The molecule has 0 aliphatic heterocycles. The first-order valence-electron chi connectivity index (χ1n) is 5.56. The third-order valence-electron chi connectivity index (χ3n) is 2.68. The largest absolute Gasteiger partial charge is 0.364 e. The number of nitrogens with zero attached hydrogens (tertiary/aromatic N) is 3. The van der Waals surface area contributed by atoms with Gasteiger partial charge in [0, 0.05) is 17.1 Å². The van der Waals surface area contributed by atoms with Gasteiger partial charge in [-0.25, -0.2) is 19.3 Å². The number of fused-ring (bicyclic) bond motifs is 1. The molecule has 1 aromatic carbocycles. The molecule has 96 valence electrons. The van der Waals surface area contributed by atoms with Gasteiger partial charge in [0.05, 0.1) is 6.33 Å². The van der Waals surface area contributed by atoms with Crippen LogP contribution in [0.5, 0.6) is 0 Å². The summed E-state index contributed by atoms with van der Waals surface area (Å²) in [5.74, 6) is 0.258. The predicted octanol–water partition coefficient (Wildman–Crippen LogP) is 2.76. The molecule has 3 rings (SSSR count). The zero-order valence-corrected chi connectivity index (χ0v) is 10.4. The van der Waals surface area contributed by atoms with Gasteiger partial charge in [-0.1, -0.05) is 11.6 Å². The van der Waals surface area contributed by atoms with E-state index < -0.39 is 0 Å². The second-order valence-electron chi connectivity index (χ2n) is 3.91. The summed E-state index contributed by atoms with van der Waals surface area (Å²) < 4.78 is 13.6. The van der Waals surface area contributed by atoms with Crippen LogP contribution >= 0.6 is 11.6 Å². The molecule has 0 aliphatic rings. The summed E-state index contributed by atoms with van der Waals surface area (Å²) >= 11 is 5.84. The van der Waals surface area contributed by atoms with Crippen LogP contribution in [0.15, 0.2) is 30.9 Å². The number of hydrogen-bond acceptors (Lipinski definition) is 4.